The predicted octanol–water partition coefficient (Wildman–Crippen LogP) is 2.48. The number of nitrogen functional groups attached to an aromatic ring is 1. The number of nitrogens with one attached hydrogen (secondary N) is 2. The molecule has 0 saturated heterocycles. The Morgan fingerprint density at radius 1 is 1.40 bits per heavy atom. The number of hydrogen-bond acceptors (Lipinski definition) is 4. The first-order chi connectivity index (χ1) is 9.61. The van der Waals surface area contributed by atoms with Crippen molar-refractivity contribution in [1.82, 2.24) is 5.32 Å². The van der Waals surface area contributed by atoms with E-state index in [2.05, 4.69) is 10.6 Å². The molecule has 2 rings (SSSR count). The lowest BCUT2D eigenvalue weighted by atomic mass is 10.1. The highest BCUT2D eigenvalue weighted by molar-refractivity contribution is 7.18. The van der Waals surface area contributed by atoms with Crippen molar-refractivity contribution in [2.24, 2.45) is 0 Å². The molecule has 4 N–H and O–H groups in total. The van der Waals surface area contributed by atoms with Crippen molar-refractivity contribution in [3.05, 3.63) is 46.6 Å². The van der Waals surface area contributed by atoms with E-state index in [4.69, 9.17) is 5.73 Å². The Kier molecular flexibility index (Phi) is 4.57. The van der Waals surface area contributed by atoms with E-state index in [9.17, 15) is 9.18 Å². The summed E-state index contributed by atoms with van der Waals surface area (Å²) in [6.45, 7) is 0.577. The van der Waals surface area contributed by atoms with Gasteiger partial charge in [0.25, 0.3) is 5.91 Å². The van der Waals surface area contributed by atoms with Gasteiger partial charge in [0.05, 0.1) is 10.7 Å². The summed E-state index contributed by atoms with van der Waals surface area (Å²) in [7, 11) is 1.56. The highest BCUT2D eigenvalue weighted by Crippen LogP contribution is 2.28. The van der Waals surface area contributed by atoms with Gasteiger partial charge in [0, 0.05) is 13.6 Å². The average molecular weight is 293 g/mol. The third-order valence-corrected chi connectivity index (χ3v) is 3.95. The number of nitrogens with two attached hydrogens (primary N) is 1. The van der Waals surface area contributed by atoms with Crippen LogP contribution in [0.3, 0.4) is 0 Å². The van der Waals surface area contributed by atoms with Crippen LogP contribution in [0.5, 0.6) is 0 Å². The van der Waals surface area contributed by atoms with Gasteiger partial charge in [0.15, 0.2) is 0 Å². The minimum atomic E-state index is -0.203. The molecule has 0 aliphatic heterocycles. The molecule has 2 aromatic rings. The van der Waals surface area contributed by atoms with Gasteiger partial charge in [-0.05, 0) is 24.1 Å². The number of halogens is 1. The van der Waals surface area contributed by atoms with Gasteiger partial charge in [0.1, 0.15) is 10.7 Å². The summed E-state index contributed by atoms with van der Waals surface area (Å²) >= 11 is 1.29. The first kappa shape index (κ1) is 14.3. The van der Waals surface area contributed by atoms with Crippen LogP contribution in [0.15, 0.2) is 30.3 Å². The zero-order valence-electron chi connectivity index (χ0n) is 11.1. The van der Waals surface area contributed by atoms with Gasteiger partial charge in [-0.1, -0.05) is 18.2 Å². The van der Waals surface area contributed by atoms with Gasteiger partial charge in [-0.15, -0.1) is 11.3 Å². The van der Waals surface area contributed by atoms with E-state index < -0.39 is 0 Å². The summed E-state index contributed by atoms with van der Waals surface area (Å²) in [4.78, 5) is 12.0. The maximum Gasteiger partial charge on any atom is 0.263 e. The Balaban J connectivity index is 1.95. The van der Waals surface area contributed by atoms with Crippen molar-refractivity contribution in [3.8, 4) is 0 Å². The number of carbonyl (C=O) groups is 1. The van der Waals surface area contributed by atoms with Crippen molar-refractivity contribution >= 4 is 27.9 Å². The van der Waals surface area contributed by atoms with Crippen molar-refractivity contribution in [3.63, 3.8) is 0 Å². The number of benzene rings is 1. The number of amides is 1. The second kappa shape index (κ2) is 6.38. The normalized spacial score (nSPS) is 10.3. The van der Waals surface area contributed by atoms with E-state index in [0.717, 1.165) is 5.00 Å². The molecule has 0 aliphatic carbocycles. The molecule has 0 unspecified atom stereocenters. The van der Waals surface area contributed by atoms with Gasteiger partial charge < -0.3 is 16.4 Å². The van der Waals surface area contributed by atoms with Crippen LogP contribution in [0.25, 0.3) is 0 Å². The summed E-state index contributed by atoms with van der Waals surface area (Å²) in [5.74, 6) is -0.402. The van der Waals surface area contributed by atoms with Gasteiger partial charge in [-0.2, -0.15) is 0 Å². The van der Waals surface area contributed by atoms with Gasteiger partial charge in [-0.25, -0.2) is 4.39 Å². The highest BCUT2D eigenvalue weighted by Gasteiger charge is 2.12. The van der Waals surface area contributed by atoms with Crippen LogP contribution >= 0.6 is 11.3 Å². The molecule has 0 atom stereocenters. The van der Waals surface area contributed by atoms with Crippen molar-refractivity contribution in [2.75, 3.05) is 24.6 Å². The molecule has 1 heterocycles. The Labute approximate surface area is 120 Å². The molecule has 0 bridgehead atoms. The van der Waals surface area contributed by atoms with E-state index in [-0.39, 0.29) is 11.7 Å². The van der Waals surface area contributed by atoms with Crippen LogP contribution < -0.4 is 16.4 Å². The quantitative estimate of drug-likeness (QED) is 0.793. The van der Waals surface area contributed by atoms with Gasteiger partial charge in [0.2, 0.25) is 0 Å². The minimum absolute atomic E-state index is 0.199. The summed E-state index contributed by atoms with van der Waals surface area (Å²) in [6.07, 6.45) is 0.569. The van der Waals surface area contributed by atoms with Crippen molar-refractivity contribution < 1.29 is 9.18 Å². The summed E-state index contributed by atoms with van der Waals surface area (Å²) in [6, 6.07) is 8.40. The molecule has 106 valence electrons. The lowest BCUT2D eigenvalue weighted by Gasteiger charge is -2.04. The molecule has 0 fully saturated rings. The molecule has 0 saturated carbocycles. The smallest absolute Gasteiger partial charge is 0.263 e. The fourth-order valence-corrected chi connectivity index (χ4v) is 2.76. The van der Waals surface area contributed by atoms with E-state index >= 15 is 0 Å². The van der Waals surface area contributed by atoms with E-state index in [1.165, 1.54) is 17.4 Å². The second-order valence-corrected chi connectivity index (χ2v) is 5.29. The number of rotatable bonds is 5. The van der Waals surface area contributed by atoms with Crippen LogP contribution in [0.2, 0.25) is 0 Å². The minimum Gasteiger partial charge on any atom is -0.397 e. The predicted molar refractivity (Wildman–Crippen MR) is 80.7 cm³/mol. The molecular weight excluding hydrogens is 277 g/mol. The Bertz CT molecular complexity index is 612. The summed E-state index contributed by atoms with van der Waals surface area (Å²) < 4.78 is 13.4. The number of carbonyl (C=O) groups excluding carboxylic acids is 1. The standard InChI is InChI=1S/C14H16FN3OS/c1-17-14(19)13-11(16)8-12(20-13)18-7-6-9-4-2-3-5-10(9)15/h2-5,8,18H,6-7,16H2,1H3,(H,17,19). The fourth-order valence-electron chi connectivity index (χ4n) is 1.80. The SMILES string of the molecule is CNC(=O)c1sc(NCCc2ccccc2F)cc1N. The third kappa shape index (κ3) is 3.27. The Hall–Kier alpha value is -2.08. The molecular formula is C14H16FN3OS. The summed E-state index contributed by atoms with van der Waals surface area (Å²) in [5, 5.41) is 6.49. The van der Waals surface area contributed by atoms with Gasteiger partial charge >= 0.3 is 0 Å². The number of anilines is 2. The Morgan fingerprint density at radius 3 is 2.85 bits per heavy atom. The van der Waals surface area contributed by atoms with Gasteiger partial charge in [-0.3, -0.25) is 4.79 Å². The molecule has 0 aliphatic rings. The van der Waals surface area contributed by atoms with Crippen LogP contribution in [0, 0.1) is 5.82 Å². The molecule has 1 aromatic carbocycles. The maximum atomic E-state index is 13.4. The second-order valence-electron chi connectivity index (χ2n) is 4.24. The first-order valence-corrected chi connectivity index (χ1v) is 7.02. The van der Waals surface area contributed by atoms with Crippen LogP contribution in [0.4, 0.5) is 15.1 Å². The zero-order valence-corrected chi connectivity index (χ0v) is 11.9. The highest BCUT2D eigenvalue weighted by atomic mass is 32.1. The monoisotopic (exact) mass is 293 g/mol. The molecule has 6 heteroatoms. The van der Waals surface area contributed by atoms with Crippen LogP contribution in [-0.2, 0) is 6.42 Å². The van der Waals surface area contributed by atoms with Crippen LogP contribution in [0.1, 0.15) is 15.2 Å². The lowest BCUT2D eigenvalue weighted by Crippen LogP contribution is -2.17. The molecule has 20 heavy (non-hydrogen) atoms. The average Bonchev–Trinajstić information content (AvgIpc) is 2.81. The topological polar surface area (TPSA) is 67.2 Å². The van der Waals surface area contributed by atoms with E-state index in [1.54, 1.807) is 25.2 Å². The molecule has 1 aromatic heterocycles. The first-order valence-electron chi connectivity index (χ1n) is 6.20. The number of thiophene rings is 1. The largest absolute Gasteiger partial charge is 0.397 e. The molecule has 4 nitrogen and oxygen atoms in total. The summed E-state index contributed by atoms with van der Waals surface area (Å²) in [5.41, 5.74) is 6.88. The Morgan fingerprint density at radius 2 is 2.15 bits per heavy atom. The van der Waals surface area contributed by atoms with E-state index in [1.807, 2.05) is 6.07 Å². The lowest BCUT2D eigenvalue weighted by molar-refractivity contribution is 0.0968. The molecule has 0 spiro atoms. The van der Waals surface area contributed by atoms with Crippen molar-refractivity contribution in [2.45, 2.75) is 6.42 Å². The third-order valence-electron chi connectivity index (χ3n) is 2.85. The number of hydrogen-bond donors (Lipinski definition) is 3. The van der Waals surface area contributed by atoms with Crippen LogP contribution in [-0.4, -0.2) is 19.5 Å². The zero-order chi connectivity index (χ0) is 14.5. The molecule has 0 radical (unpaired) electrons. The fraction of sp³-hybridized carbons (Fsp3) is 0.214. The van der Waals surface area contributed by atoms with Crippen molar-refractivity contribution in [1.29, 1.82) is 0 Å². The molecule has 1 amide bonds. The maximum absolute atomic E-state index is 13.4. The van der Waals surface area contributed by atoms with E-state index in [0.29, 0.717) is 29.1 Å².